The topological polar surface area (TPSA) is 26.0 Å². The van der Waals surface area contributed by atoms with Gasteiger partial charge in [-0.2, -0.15) is 0 Å². The molecule has 0 aliphatic rings. The van der Waals surface area contributed by atoms with Crippen LogP contribution in [-0.2, 0) is 19.3 Å². The highest BCUT2D eigenvalue weighted by atomic mass is 127. The van der Waals surface area contributed by atoms with Crippen molar-refractivity contribution in [1.29, 1.82) is 0 Å². The predicted octanol–water partition coefficient (Wildman–Crippen LogP) is 8.26. The van der Waals surface area contributed by atoms with Crippen molar-refractivity contribution in [2.75, 3.05) is 5.73 Å². The lowest BCUT2D eigenvalue weighted by Gasteiger charge is -2.18. The standard InChI is InChI=1S/C24H43N.HI/c1-4-7-10-13-16-21-19-20-24(25)23(18-15-12-9-6-3)22(21)17-14-11-8-5-2;/h19-20H,4-18,25H2,1-3H3;1H. The van der Waals surface area contributed by atoms with Crippen molar-refractivity contribution in [2.24, 2.45) is 0 Å². The van der Waals surface area contributed by atoms with E-state index in [1.807, 2.05) is 0 Å². The molecule has 2 heteroatoms. The van der Waals surface area contributed by atoms with E-state index in [4.69, 9.17) is 5.73 Å². The van der Waals surface area contributed by atoms with E-state index in [-0.39, 0.29) is 24.0 Å². The maximum absolute atomic E-state index is 6.41. The van der Waals surface area contributed by atoms with Crippen LogP contribution in [0.4, 0.5) is 5.69 Å². The van der Waals surface area contributed by atoms with Gasteiger partial charge in [0.05, 0.1) is 0 Å². The molecule has 152 valence electrons. The molecule has 0 bridgehead atoms. The van der Waals surface area contributed by atoms with Crippen LogP contribution in [0.5, 0.6) is 0 Å². The van der Waals surface area contributed by atoms with Crippen molar-refractivity contribution in [3.05, 3.63) is 28.8 Å². The second-order valence-electron chi connectivity index (χ2n) is 7.70. The molecule has 0 unspecified atom stereocenters. The van der Waals surface area contributed by atoms with Crippen molar-refractivity contribution in [2.45, 2.75) is 117 Å². The van der Waals surface area contributed by atoms with Crippen molar-refractivity contribution in [3.63, 3.8) is 0 Å². The Bertz CT molecular complexity index is 456. The van der Waals surface area contributed by atoms with Gasteiger partial charge in [0, 0.05) is 5.69 Å². The van der Waals surface area contributed by atoms with Crippen molar-refractivity contribution in [1.82, 2.24) is 0 Å². The first-order valence-corrected chi connectivity index (χ1v) is 11.1. The molecular formula is C24H44IN. The van der Waals surface area contributed by atoms with Crippen LogP contribution in [0.1, 0.15) is 115 Å². The van der Waals surface area contributed by atoms with Crippen LogP contribution < -0.4 is 5.73 Å². The summed E-state index contributed by atoms with van der Waals surface area (Å²) < 4.78 is 0. The van der Waals surface area contributed by atoms with Crippen molar-refractivity contribution in [3.8, 4) is 0 Å². The minimum Gasteiger partial charge on any atom is -0.398 e. The molecule has 1 aromatic carbocycles. The molecule has 2 N–H and O–H groups in total. The average molecular weight is 474 g/mol. The largest absolute Gasteiger partial charge is 0.398 e. The summed E-state index contributed by atoms with van der Waals surface area (Å²) in [5.74, 6) is 0. The number of aryl methyl sites for hydroxylation is 1. The fourth-order valence-corrected chi connectivity index (χ4v) is 3.80. The molecule has 0 saturated heterocycles. The summed E-state index contributed by atoms with van der Waals surface area (Å²) in [6.07, 6.45) is 19.7. The van der Waals surface area contributed by atoms with Gasteiger partial charge in [-0.1, -0.05) is 84.6 Å². The normalized spacial score (nSPS) is 10.7. The molecule has 1 nitrogen and oxygen atoms in total. The molecule has 0 aromatic heterocycles. The minimum atomic E-state index is 0. The van der Waals surface area contributed by atoms with Crippen molar-refractivity contribution >= 4 is 29.7 Å². The lowest BCUT2D eigenvalue weighted by atomic mass is 9.89. The van der Waals surface area contributed by atoms with Crippen LogP contribution in [0, 0.1) is 0 Å². The van der Waals surface area contributed by atoms with Crippen LogP contribution in [0.25, 0.3) is 0 Å². The first-order valence-electron chi connectivity index (χ1n) is 11.1. The molecule has 0 aliphatic heterocycles. The van der Waals surface area contributed by atoms with Gasteiger partial charge < -0.3 is 5.73 Å². The Kier molecular flexibility index (Phi) is 16.7. The van der Waals surface area contributed by atoms with Crippen LogP contribution >= 0.6 is 24.0 Å². The molecule has 0 saturated carbocycles. The SMILES string of the molecule is CCCCCCc1ccc(N)c(CCCCCC)c1CCCCCC.I. The summed E-state index contributed by atoms with van der Waals surface area (Å²) >= 11 is 0. The monoisotopic (exact) mass is 473 g/mol. The second kappa shape index (κ2) is 16.9. The fourth-order valence-electron chi connectivity index (χ4n) is 3.80. The number of anilines is 1. The smallest absolute Gasteiger partial charge is 0.0349 e. The highest BCUT2D eigenvalue weighted by Gasteiger charge is 2.12. The van der Waals surface area contributed by atoms with Crippen LogP contribution in [0.3, 0.4) is 0 Å². The summed E-state index contributed by atoms with van der Waals surface area (Å²) in [6.45, 7) is 6.86. The van der Waals surface area contributed by atoms with Gasteiger partial charge >= 0.3 is 0 Å². The van der Waals surface area contributed by atoms with Gasteiger partial charge in [-0.05, 0) is 61.3 Å². The van der Waals surface area contributed by atoms with E-state index in [2.05, 4.69) is 32.9 Å². The molecular weight excluding hydrogens is 429 g/mol. The Labute approximate surface area is 180 Å². The fraction of sp³-hybridized carbons (Fsp3) is 0.750. The van der Waals surface area contributed by atoms with E-state index in [0.29, 0.717) is 0 Å². The first kappa shape index (κ1) is 25.8. The highest BCUT2D eigenvalue weighted by molar-refractivity contribution is 14.0. The Morgan fingerprint density at radius 3 is 1.54 bits per heavy atom. The molecule has 0 atom stereocenters. The number of halogens is 1. The molecule has 0 heterocycles. The van der Waals surface area contributed by atoms with Gasteiger partial charge in [0.2, 0.25) is 0 Å². The quantitative estimate of drug-likeness (QED) is 0.155. The van der Waals surface area contributed by atoms with Gasteiger partial charge in [0.1, 0.15) is 0 Å². The van der Waals surface area contributed by atoms with Crippen molar-refractivity contribution < 1.29 is 0 Å². The molecule has 1 rings (SSSR count). The van der Waals surface area contributed by atoms with Crippen LogP contribution in [-0.4, -0.2) is 0 Å². The van der Waals surface area contributed by atoms with E-state index in [0.717, 1.165) is 5.69 Å². The molecule has 0 amide bonds. The van der Waals surface area contributed by atoms with E-state index in [1.165, 1.54) is 102 Å². The summed E-state index contributed by atoms with van der Waals surface area (Å²) in [4.78, 5) is 0. The van der Waals surface area contributed by atoms with Crippen LogP contribution in [0.2, 0.25) is 0 Å². The number of nitrogen functional groups attached to an aromatic ring is 1. The number of hydrogen-bond acceptors (Lipinski definition) is 1. The molecule has 26 heavy (non-hydrogen) atoms. The van der Waals surface area contributed by atoms with Crippen LogP contribution in [0.15, 0.2) is 12.1 Å². The predicted molar refractivity (Wildman–Crippen MR) is 130 cm³/mol. The zero-order chi connectivity index (χ0) is 18.3. The highest BCUT2D eigenvalue weighted by Crippen LogP contribution is 2.27. The van der Waals surface area contributed by atoms with Gasteiger partial charge in [-0.15, -0.1) is 24.0 Å². The zero-order valence-electron chi connectivity index (χ0n) is 17.7. The first-order chi connectivity index (χ1) is 12.2. The van der Waals surface area contributed by atoms with E-state index >= 15 is 0 Å². The Hall–Kier alpha value is -0.250. The number of nitrogens with two attached hydrogens (primary N) is 1. The Morgan fingerprint density at radius 2 is 1.04 bits per heavy atom. The third kappa shape index (κ3) is 10.2. The second-order valence-corrected chi connectivity index (χ2v) is 7.70. The summed E-state index contributed by atoms with van der Waals surface area (Å²) in [7, 11) is 0. The Morgan fingerprint density at radius 1 is 0.577 bits per heavy atom. The summed E-state index contributed by atoms with van der Waals surface area (Å²) in [5, 5.41) is 0. The van der Waals surface area contributed by atoms with Gasteiger partial charge in [-0.25, -0.2) is 0 Å². The van der Waals surface area contributed by atoms with Gasteiger partial charge in [0.15, 0.2) is 0 Å². The maximum Gasteiger partial charge on any atom is 0.0349 e. The zero-order valence-corrected chi connectivity index (χ0v) is 20.1. The molecule has 0 spiro atoms. The number of rotatable bonds is 15. The molecule has 0 fully saturated rings. The summed E-state index contributed by atoms with van der Waals surface area (Å²) in [6, 6.07) is 4.51. The summed E-state index contributed by atoms with van der Waals surface area (Å²) in [5.41, 5.74) is 12.1. The number of benzene rings is 1. The average Bonchev–Trinajstić information content (AvgIpc) is 2.62. The van der Waals surface area contributed by atoms with E-state index in [9.17, 15) is 0 Å². The third-order valence-electron chi connectivity index (χ3n) is 5.42. The third-order valence-corrected chi connectivity index (χ3v) is 5.42. The number of hydrogen-bond donors (Lipinski definition) is 1. The van der Waals surface area contributed by atoms with E-state index in [1.54, 1.807) is 11.1 Å². The maximum atomic E-state index is 6.41. The molecule has 1 aromatic rings. The molecule has 0 aliphatic carbocycles. The van der Waals surface area contributed by atoms with E-state index < -0.39 is 0 Å². The lowest BCUT2D eigenvalue weighted by molar-refractivity contribution is 0.640. The Balaban J connectivity index is 0.00000625. The lowest BCUT2D eigenvalue weighted by Crippen LogP contribution is -2.06. The molecule has 0 radical (unpaired) electrons. The minimum absolute atomic E-state index is 0. The van der Waals surface area contributed by atoms with Gasteiger partial charge in [-0.3, -0.25) is 0 Å². The number of unbranched alkanes of at least 4 members (excludes halogenated alkanes) is 9. The van der Waals surface area contributed by atoms with Gasteiger partial charge in [0.25, 0.3) is 0 Å².